The van der Waals surface area contributed by atoms with E-state index in [1.54, 1.807) is 0 Å². The van der Waals surface area contributed by atoms with Crippen molar-refractivity contribution in [1.29, 1.82) is 0 Å². The smallest absolute Gasteiger partial charge is 0.282 e. The van der Waals surface area contributed by atoms with Crippen LogP contribution in [-0.4, -0.2) is 48.3 Å². The summed E-state index contributed by atoms with van der Waals surface area (Å²) in [5, 5.41) is 2.29. The Morgan fingerprint density at radius 1 is 1.27 bits per heavy atom. The number of hydrogen-bond acceptors (Lipinski definition) is 6. The molecule has 0 aliphatic carbocycles. The number of carbonyl (C=O) groups is 1. The van der Waals surface area contributed by atoms with Crippen molar-refractivity contribution in [1.82, 2.24) is 9.97 Å². The maximum absolute atomic E-state index is 14.6. The lowest BCUT2D eigenvalue weighted by molar-refractivity contribution is -0.0425. The van der Waals surface area contributed by atoms with Gasteiger partial charge in [0.2, 0.25) is 12.7 Å². The summed E-state index contributed by atoms with van der Waals surface area (Å²) in [6, 6.07) is 1.98. The average molecular weight is 433 g/mol. The van der Waals surface area contributed by atoms with Crippen molar-refractivity contribution < 1.29 is 36.2 Å². The SMILES string of the molecule is CN=C(N)O[C@H](C(F)F)[C@H](F)c1cc(NC(=O)c2cnc(OCF)cn2)ccc1F. The predicted molar refractivity (Wildman–Crippen MR) is 95.3 cm³/mol. The van der Waals surface area contributed by atoms with Gasteiger partial charge in [-0.05, 0) is 18.2 Å². The highest BCUT2D eigenvalue weighted by Crippen LogP contribution is 2.31. The standard InChI is InChI=1S/C17H16F5N5O3/c1-24-17(23)30-14(15(21)22)13(20)9-4-8(2-3-10(9)19)27-16(28)11-5-26-12(6-25-11)29-7-18/h2-6,13-15H,7H2,1H3,(H2,23,24)(H,27,28)/t13-,14+/m1/s1. The number of anilines is 1. The summed E-state index contributed by atoms with van der Waals surface area (Å²) in [6.45, 7) is -1.14. The first-order valence-electron chi connectivity index (χ1n) is 8.19. The van der Waals surface area contributed by atoms with E-state index in [0.717, 1.165) is 37.6 Å². The number of rotatable bonds is 8. The van der Waals surface area contributed by atoms with Crippen LogP contribution in [0.2, 0.25) is 0 Å². The lowest BCUT2D eigenvalue weighted by Gasteiger charge is -2.22. The molecular weight excluding hydrogens is 417 g/mol. The van der Waals surface area contributed by atoms with Gasteiger partial charge in [-0.3, -0.25) is 4.79 Å². The minimum absolute atomic E-state index is 0.116. The molecule has 0 fully saturated rings. The Bertz CT molecular complexity index is 898. The number of aromatic nitrogens is 2. The summed E-state index contributed by atoms with van der Waals surface area (Å²) in [4.78, 5) is 22.8. The Labute approximate surface area is 166 Å². The van der Waals surface area contributed by atoms with Crippen LogP contribution in [0.3, 0.4) is 0 Å². The topological polar surface area (TPSA) is 112 Å². The van der Waals surface area contributed by atoms with Crippen molar-refractivity contribution >= 4 is 17.6 Å². The van der Waals surface area contributed by atoms with E-state index in [1.165, 1.54) is 0 Å². The zero-order valence-corrected chi connectivity index (χ0v) is 15.4. The molecule has 0 aliphatic rings. The molecule has 0 unspecified atom stereocenters. The third kappa shape index (κ3) is 5.75. The largest absolute Gasteiger partial charge is 0.453 e. The molecule has 0 aliphatic heterocycles. The highest BCUT2D eigenvalue weighted by molar-refractivity contribution is 6.02. The summed E-state index contributed by atoms with van der Waals surface area (Å²) < 4.78 is 76.1. The van der Waals surface area contributed by atoms with Crippen molar-refractivity contribution in [3.05, 3.63) is 47.7 Å². The second-order valence-corrected chi connectivity index (χ2v) is 5.56. The normalized spacial score (nSPS) is 13.6. The molecule has 0 saturated heterocycles. The van der Waals surface area contributed by atoms with E-state index in [4.69, 9.17) is 5.73 Å². The van der Waals surface area contributed by atoms with E-state index in [2.05, 4.69) is 29.8 Å². The first-order valence-corrected chi connectivity index (χ1v) is 8.19. The number of halogens is 5. The molecule has 1 amide bonds. The summed E-state index contributed by atoms with van der Waals surface area (Å²) in [6.07, 6.45) is -6.43. The van der Waals surface area contributed by atoms with Crippen LogP contribution in [-0.2, 0) is 4.74 Å². The fourth-order valence-corrected chi connectivity index (χ4v) is 2.20. The maximum Gasteiger partial charge on any atom is 0.282 e. The number of nitrogens with two attached hydrogens (primary N) is 1. The van der Waals surface area contributed by atoms with Crippen LogP contribution in [0.15, 0.2) is 35.6 Å². The van der Waals surface area contributed by atoms with Crippen molar-refractivity contribution in [2.45, 2.75) is 18.7 Å². The van der Waals surface area contributed by atoms with E-state index in [0.29, 0.717) is 0 Å². The van der Waals surface area contributed by atoms with Gasteiger partial charge < -0.3 is 20.5 Å². The number of alkyl halides is 4. The number of ether oxygens (including phenoxy) is 2. The Hall–Kier alpha value is -3.51. The molecule has 2 rings (SSSR count). The number of benzene rings is 1. The van der Waals surface area contributed by atoms with Crippen LogP contribution in [0.5, 0.6) is 5.88 Å². The Morgan fingerprint density at radius 2 is 2.00 bits per heavy atom. The maximum atomic E-state index is 14.6. The van der Waals surface area contributed by atoms with Gasteiger partial charge >= 0.3 is 0 Å². The molecule has 2 aromatic rings. The highest BCUT2D eigenvalue weighted by Gasteiger charge is 2.35. The number of hydrogen-bond donors (Lipinski definition) is 2. The van der Waals surface area contributed by atoms with Gasteiger partial charge in [0.15, 0.2) is 12.3 Å². The first kappa shape index (κ1) is 22.8. The minimum Gasteiger partial charge on any atom is -0.453 e. The molecule has 13 heteroatoms. The van der Waals surface area contributed by atoms with Crippen molar-refractivity contribution in [2.75, 3.05) is 19.2 Å². The van der Waals surface area contributed by atoms with Crippen molar-refractivity contribution in [3.8, 4) is 5.88 Å². The van der Waals surface area contributed by atoms with Gasteiger partial charge in [0.1, 0.15) is 11.5 Å². The zero-order valence-electron chi connectivity index (χ0n) is 15.4. The van der Waals surface area contributed by atoms with Crippen molar-refractivity contribution in [2.24, 2.45) is 10.7 Å². The van der Waals surface area contributed by atoms with Crippen molar-refractivity contribution in [3.63, 3.8) is 0 Å². The van der Waals surface area contributed by atoms with Crippen LogP contribution >= 0.6 is 0 Å². The fourth-order valence-electron chi connectivity index (χ4n) is 2.20. The number of amidine groups is 1. The Balaban J connectivity index is 2.21. The molecule has 0 bridgehead atoms. The summed E-state index contributed by atoms with van der Waals surface area (Å²) in [7, 11) is 1.14. The summed E-state index contributed by atoms with van der Waals surface area (Å²) in [5.41, 5.74) is 4.06. The number of aliphatic imine (C=N–C) groups is 1. The highest BCUT2D eigenvalue weighted by atomic mass is 19.3. The van der Waals surface area contributed by atoms with Crippen LogP contribution in [0.1, 0.15) is 22.2 Å². The predicted octanol–water partition coefficient (Wildman–Crippen LogP) is 2.78. The second-order valence-electron chi connectivity index (χ2n) is 5.56. The van der Waals surface area contributed by atoms with Gasteiger partial charge in [-0.15, -0.1) is 0 Å². The van der Waals surface area contributed by atoms with E-state index >= 15 is 0 Å². The molecule has 0 radical (unpaired) electrons. The van der Waals surface area contributed by atoms with Crippen LogP contribution < -0.4 is 15.8 Å². The third-order valence-corrected chi connectivity index (χ3v) is 3.63. The molecule has 2 atom stereocenters. The molecule has 0 saturated carbocycles. The van der Waals surface area contributed by atoms with Gasteiger partial charge in [0, 0.05) is 18.3 Å². The lowest BCUT2D eigenvalue weighted by atomic mass is 10.0. The number of nitrogens with one attached hydrogen (secondary N) is 1. The average Bonchev–Trinajstić information content (AvgIpc) is 2.73. The van der Waals surface area contributed by atoms with E-state index in [-0.39, 0.29) is 17.3 Å². The molecule has 1 aromatic carbocycles. The number of carbonyl (C=O) groups excluding carboxylic acids is 1. The molecule has 8 nitrogen and oxygen atoms in total. The molecule has 3 N–H and O–H groups in total. The molecule has 1 aromatic heterocycles. The van der Waals surface area contributed by atoms with E-state index < -0.39 is 48.9 Å². The molecule has 0 spiro atoms. The summed E-state index contributed by atoms with van der Waals surface area (Å²) >= 11 is 0. The lowest BCUT2D eigenvalue weighted by Crippen LogP contribution is -2.33. The number of amides is 1. The van der Waals surface area contributed by atoms with Crippen LogP contribution in [0, 0.1) is 5.82 Å². The van der Waals surface area contributed by atoms with Gasteiger partial charge in [0.05, 0.1) is 12.4 Å². The summed E-state index contributed by atoms with van der Waals surface area (Å²) in [5.74, 6) is -2.13. The quantitative estimate of drug-likeness (QED) is 0.376. The van der Waals surface area contributed by atoms with Gasteiger partial charge in [-0.1, -0.05) is 0 Å². The molecular formula is C17H16F5N5O3. The third-order valence-electron chi connectivity index (χ3n) is 3.63. The van der Waals surface area contributed by atoms with Gasteiger partial charge in [-0.2, -0.15) is 0 Å². The number of nitrogens with zero attached hydrogens (tertiary/aromatic N) is 3. The molecule has 1 heterocycles. The second kappa shape index (κ2) is 10.3. The van der Waals surface area contributed by atoms with E-state index in [9.17, 15) is 26.7 Å². The van der Waals surface area contributed by atoms with Gasteiger partial charge in [-0.25, -0.2) is 36.9 Å². The van der Waals surface area contributed by atoms with Gasteiger partial charge in [0.25, 0.3) is 18.4 Å². The Morgan fingerprint density at radius 3 is 2.57 bits per heavy atom. The molecule has 162 valence electrons. The van der Waals surface area contributed by atoms with Crippen LogP contribution in [0.4, 0.5) is 27.6 Å². The van der Waals surface area contributed by atoms with Crippen LogP contribution in [0.25, 0.3) is 0 Å². The molecule has 30 heavy (non-hydrogen) atoms. The fraction of sp³-hybridized carbons (Fsp3) is 0.294. The Kier molecular flexibility index (Phi) is 7.83. The first-order chi connectivity index (χ1) is 14.3. The minimum atomic E-state index is -3.35. The monoisotopic (exact) mass is 433 g/mol. The van der Waals surface area contributed by atoms with E-state index in [1.807, 2.05) is 0 Å². The zero-order chi connectivity index (χ0) is 22.3.